The van der Waals surface area contributed by atoms with Crippen molar-refractivity contribution in [3.63, 3.8) is 0 Å². The molecular weight excluding hydrogens is 302 g/mol. The highest BCUT2D eigenvalue weighted by Crippen LogP contribution is 2.25. The van der Waals surface area contributed by atoms with Gasteiger partial charge in [-0.3, -0.25) is 0 Å². The van der Waals surface area contributed by atoms with E-state index in [1.165, 1.54) is 22.7 Å². The van der Waals surface area contributed by atoms with Crippen LogP contribution in [0, 0.1) is 6.92 Å². The molecule has 8 heteroatoms. The molecule has 0 fully saturated rings. The molecule has 2 aromatic heterocycles. The van der Waals surface area contributed by atoms with E-state index >= 15 is 0 Å². The lowest BCUT2D eigenvalue weighted by Crippen LogP contribution is -2.22. The van der Waals surface area contributed by atoms with E-state index in [0.717, 1.165) is 15.4 Å². The van der Waals surface area contributed by atoms with Gasteiger partial charge in [0.05, 0.1) is 6.54 Å². The van der Waals surface area contributed by atoms with Crippen LogP contribution in [0.25, 0.3) is 0 Å². The van der Waals surface area contributed by atoms with Gasteiger partial charge in [0.15, 0.2) is 0 Å². The highest BCUT2D eigenvalue weighted by atomic mass is 32.2. The van der Waals surface area contributed by atoms with Crippen molar-refractivity contribution in [2.45, 2.75) is 24.2 Å². The molecule has 2 heterocycles. The fraction of sp³-hybridized carbons (Fsp3) is 0.364. The Labute approximate surface area is 120 Å². The first-order valence-corrected chi connectivity index (χ1v) is 8.83. The molecule has 19 heavy (non-hydrogen) atoms. The van der Waals surface area contributed by atoms with Crippen molar-refractivity contribution in [1.29, 1.82) is 0 Å². The van der Waals surface area contributed by atoms with Crippen molar-refractivity contribution in [3.8, 4) is 0 Å². The third kappa shape index (κ3) is 3.61. The molecule has 0 bridgehead atoms. The van der Waals surface area contributed by atoms with Gasteiger partial charge in [-0.05, 0) is 25.6 Å². The first-order chi connectivity index (χ1) is 9.03. The Morgan fingerprint density at radius 2 is 2.16 bits per heavy atom. The van der Waals surface area contributed by atoms with E-state index in [1.807, 2.05) is 19.4 Å². The maximum absolute atomic E-state index is 12.2. The van der Waals surface area contributed by atoms with Gasteiger partial charge in [0.25, 0.3) is 0 Å². The number of aromatic nitrogens is 1. The molecule has 0 aromatic carbocycles. The van der Waals surface area contributed by atoms with Crippen LogP contribution in [-0.4, -0.2) is 20.4 Å². The molecule has 0 atom stereocenters. The van der Waals surface area contributed by atoms with Gasteiger partial charge in [-0.2, -0.15) is 0 Å². The summed E-state index contributed by atoms with van der Waals surface area (Å²) in [6.07, 6.45) is 1.66. The van der Waals surface area contributed by atoms with Gasteiger partial charge >= 0.3 is 0 Å². The summed E-state index contributed by atoms with van der Waals surface area (Å²) in [4.78, 5) is 5.09. The summed E-state index contributed by atoms with van der Waals surface area (Å²) in [6, 6.07) is 1.71. The molecule has 5 nitrogen and oxygen atoms in total. The van der Waals surface area contributed by atoms with Crippen molar-refractivity contribution in [1.82, 2.24) is 15.0 Å². The minimum Gasteiger partial charge on any atom is -0.315 e. The zero-order valence-electron chi connectivity index (χ0n) is 10.6. The van der Waals surface area contributed by atoms with Crippen LogP contribution >= 0.6 is 22.7 Å². The van der Waals surface area contributed by atoms with Gasteiger partial charge in [-0.15, -0.1) is 22.7 Å². The fourth-order valence-electron chi connectivity index (χ4n) is 1.53. The first-order valence-electron chi connectivity index (χ1n) is 5.65. The summed E-state index contributed by atoms with van der Waals surface area (Å²) < 4.78 is 27.2. The van der Waals surface area contributed by atoms with Crippen molar-refractivity contribution in [3.05, 3.63) is 33.1 Å². The maximum Gasteiger partial charge on any atom is 0.250 e. The Bertz CT molecular complexity index is 632. The Balaban J connectivity index is 2.12. The molecule has 0 aliphatic carbocycles. The Morgan fingerprint density at radius 1 is 1.37 bits per heavy atom. The Hall–Kier alpha value is -0.800. The molecular formula is C11H15N3O2S3. The van der Waals surface area contributed by atoms with Crippen molar-refractivity contribution in [2.75, 3.05) is 7.05 Å². The molecule has 104 valence electrons. The van der Waals surface area contributed by atoms with Gasteiger partial charge in [0.1, 0.15) is 9.22 Å². The lowest BCUT2D eigenvalue weighted by Gasteiger charge is -2.02. The van der Waals surface area contributed by atoms with Crippen LogP contribution in [0.1, 0.15) is 15.4 Å². The van der Waals surface area contributed by atoms with Gasteiger partial charge in [-0.25, -0.2) is 18.1 Å². The van der Waals surface area contributed by atoms with Crippen LogP contribution in [0.3, 0.4) is 0 Å². The minimum atomic E-state index is -3.45. The number of nitrogens with zero attached hydrogens (tertiary/aromatic N) is 1. The number of hydrogen-bond acceptors (Lipinski definition) is 6. The third-order valence-electron chi connectivity index (χ3n) is 2.50. The number of rotatable bonds is 6. The van der Waals surface area contributed by atoms with Crippen molar-refractivity contribution >= 4 is 32.7 Å². The number of thiazole rings is 1. The lowest BCUT2D eigenvalue weighted by molar-refractivity contribution is 0.583. The Morgan fingerprint density at radius 3 is 2.79 bits per heavy atom. The van der Waals surface area contributed by atoms with Crippen LogP contribution in [0.5, 0.6) is 0 Å². The van der Waals surface area contributed by atoms with E-state index in [-0.39, 0.29) is 6.54 Å². The zero-order valence-corrected chi connectivity index (χ0v) is 13.1. The zero-order chi connectivity index (χ0) is 13.9. The summed E-state index contributed by atoms with van der Waals surface area (Å²) >= 11 is 2.73. The predicted molar refractivity (Wildman–Crippen MR) is 78.0 cm³/mol. The van der Waals surface area contributed by atoms with Crippen LogP contribution in [0.4, 0.5) is 0 Å². The molecule has 2 rings (SSSR count). The highest BCUT2D eigenvalue weighted by Gasteiger charge is 2.18. The Kier molecular flexibility index (Phi) is 4.69. The number of hydrogen-bond donors (Lipinski definition) is 2. The smallest absolute Gasteiger partial charge is 0.250 e. The van der Waals surface area contributed by atoms with Crippen LogP contribution < -0.4 is 10.0 Å². The topological polar surface area (TPSA) is 71.1 Å². The number of nitrogens with one attached hydrogen (secondary N) is 2. The number of aryl methyl sites for hydroxylation is 1. The number of sulfonamides is 1. The van der Waals surface area contributed by atoms with Gasteiger partial charge in [0, 0.05) is 23.0 Å². The first kappa shape index (κ1) is 14.6. The van der Waals surface area contributed by atoms with Gasteiger partial charge in [0.2, 0.25) is 10.0 Å². The quantitative estimate of drug-likeness (QED) is 0.851. The van der Waals surface area contributed by atoms with E-state index in [9.17, 15) is 8.42 Å². The third-order valence-corrected chi connectivity index (χ3v) is 6.39. The van der Waals surface area contributed by atoms with E-state index in [2.05, 4.69) is 15.0 Å². The SMILES string of the molecule is CNCc1sc(S(=O)(=O)NCc2nccs2)cc1C. The van der Waals surface area contributed by atoms with E-state index in [1.54, 1.807) is 12.3 Å². The highest BCUT2D eigenvalue weighted by molar-refractivity contribution is 7.91. The lowest BCUT2D eigenvalue weighted by atomic mass is 10.3. The molecule has 0 unspecified atom stereocenters. The second kappa shape index (κ2) is 6.10. The number of thiophene rings is 1. The molecule has 2 aromatic rings. The van der Waals surface area contributed by atoms with E-state index in [4.69, 9.17) is 0 Å². The minimum absolute atomic E-state index is 0.234. The molecule has 0 aliphatic heterocycles. The largest absolute Gasteiger partial charge is 0.315 e. The van der Waals surface area contributed by atoms with Gasteiger partial charge in [-0.1, -0.05) is 0 Å². The van der Waals surface area contributed by atoms with Crippen molar-refractivity contribution in [2.24, 2.45) is 0 Å². The normalized spacial score (nSPS) is 11.9. The summed E-state index contributed by atoms with van der Waals surface area (Å²) in [5, 5.41) is 5.61. The standard InChI is InChI=1S/C11H15N3O2S3/c1-8-5-11(18-9(8)6-12-2)19(15,16)14-7-10-13-3-4-17-10/h3-5,12,14H,6-7H2,1-2H3. The summed E-state index contributed by atoms with van der Waals surface area (Å²) in [7, 11) is -1.61. The van der Waals surface area contributed by atoms with Crippen LogP contribution in [-0.2, 0) is 23.1 Å². The van der Waals surface area contributed by atoms with E-state index in [0.29, 0.717) is 10.8 Å². The second-order valence-corrected chi connectivity index (χ2v) is 8.06. The molecule has 0 amide bonds. The second-order valence-electron chi connectivity index (χ2n) is 3.95. The summed E-state index contributed by atoms with van der Waals surface area (Å²) in [5.41, 5.74) is 0.994. The summed E-state index contributed by atoms with van der Waals surface area (Å²) in [6.45, 7) is 2.83. The van der Waals surface area contributed by atoms with Crippen LogP contribution in [0.2, 0.25) is 0 Å². The van der Waals surface area contributed by atoms with Crippen molar-refractivity contribution < 1.29 is 8.42 Å². The summed E-state index contributed by atoms with van der Waals surface area (Å²) in [5.74, 6) is 0. The predicted octanol–water partition coefficient (Wildman–Crippen LogP) is 1.71. The monoisotopic (exact) mass is 317 g/mol. The molecule has 0 spiro atoms. The fourth-order valence-corrected chi connectivity index (χ4v) is 4.81. The average molecular weight is 317 g/mol. The average Bonchev–Trinajstić information content (AvgIpc) is 2.98. The molecule has 0 saturated carbocycles. The molecule has 2 N–H and O–H groups in total. The van der Waals surface area contributed by atoms with Crippen LogP contribution in [0.15, 0.2) is 21.9 Å². The van der Waals surface area contributed by atoms with E-state index < -0.39 is 10.0 Å². The molecule has 0 saturated heterocycles. The maximum atomic E-state index is 12.2. The van der Waals surface area contributed by atoms with Gasteiger partial charge < -0.3 is 5.32 Å². The molecule has 0 radical (unpaired) electrons. The molecule has 0 aliphatic rings.